The zero-order valence-electron chi connectivity index (χ0n) is 16.3. The molecule has 2 aromatic rings. The van der Waals surface area contributed by atoms with Crippen molar-refractivity contribution in [2.45, 2.75) is 24.9 Å². The zero-order valence-corrected chi connectivity index (χ0v) is 16.3. The van der Waals surface area contributed by atoms with Crippen molar-refractivity contribution >= 4 is 17.7 Å². The molecule has 0 aromatic carbocycles. The Balaban J connectivity index is 1.76. The molecule has 2 aliphatic rings. The molecule has 0 amide bonds. The van der Waals surface area contributed by atoms with Crippen LogP contribution < -0.4 is 15.5 Å². The Morgan fingerprint density at radius 1 is 1.10 bits per heavy atom. The van der Waals surface area contributed by atoms with Crippen LogP contribution in [0.15, 0.2) is 12.3 Å². The van der Waals surface area contributed by atoms with Crippen LogP contribution in [0, 0.1) is 5.92 Å². The van der Waals surface area contributed by atoms with E-state index < -0.39 is 42.4 Å². The molecule has 13 heteroatoms. The van der Waals surface area contributed by atoms with E-state index in [4.69, 9.17) is 5.73 Å². The molecule has 0 bridgehead atoms. The van der Waals surface area contributed by atoms with Gasteiger partial charge in [-0.1, -0.05) is 0 Å². The van der Waals surface area contributed by atoms with Crippen molar-refractivity contribution in [1.29, 1.82) is 0 Å². The van der Waals surface area contributed by atoms with Crippen LogP contribution in [0.2, 0.25) is 0 Å². The fourth-order valence-corrected chi connectivity index (χ4v) is 3.65. The fourth-order valence-electron chi connectivity index (χ4n) is 3.65. The predicted octanol–water partition coefficient (Wildman–Crippen LogP) is 2.20. The van der Waals surface area contributed by atoms with Crippen LogP contribution >= 0.6 is 0 Å². The molecule has 2 fully saturated rings. The van der Waals surface area contributed by atoms with E-state index in [-0.39, 0.29) is 30.0 Å². The molecule has 0 spiro atoms. The topological polar surface area (TPSA) is 104 Å². The summed E-state index contributed by atoms with van der Waals surface area (Å²) in [4.78, 5) is 18.6. The van der Waals surface area contributed by atoms with Gasteiger partial charge in [-0.25, -0.2) is 23.7 Å². The number of hydrogen-bond acceptors (Lipinski definition) is 8. The molecule has 0 aliphatic carbocycles. The zero-order chi connectivity index (χ0) is 22.4. The number of rotatable bonds is 4. The first-order valence-electron chi connectivity index (χ1n) is 9.63. The molecule has 4 heterocycles. The number of alkyl halides is 5. The quantitative estimate of drug-likeness (QED) is 0.691. The lowest BCUT2D eigenvalue weighted by atomic mass is 9.98. The minimum absolute atomic E-state index is 0.0422. The number of halogens is 5. The first-order valence-corrected chi connectivity index (χ1v) is 9.63. The average molecular weight is 445 g/mol. The molecular formula is C18H20F5N7O. The summed E-state index contributed by atoms with van der Waals surface area (Å²) in [6, 6.07) is 1.23. The number of nitrogen functional groups attached to an aromatic ring is 1. The molecule has 3 N–H and O–H groups in total. The van der Waals surface area contributed by atoms with Crippen LogP contribution in [-0.4, -0.2) is 63.8 Å². The summed E-state index contributed by atoms with van der Waals surface area (Å²) in [5.41, 5.74) is 3.53. The van der Waals surface area contributed by atoms with E-state index in [0.717, 1.165) is 6.20 Å². The van der Waals surface area contributed by atoms with E-state index >= 15 is 0 Å². The molecule has 2 aromatic heterocycles. The minimum atomic E-state index is -4.82. The van der Waals surface area contributed by atoms with E-state index in [0.29, 0.717) is 25.9 Å². The summed E-state index contributed by atoms with van der Waals surface area (Å²) in [6.45, 7) is -0.163. The smallest absolute Gasteiger partial charge is 0.396 e. The van der Waals surface area contributed by atoms with Crippen molar-refractivity contribution in [2.75, 3.05) is 48.3 Å². The Morgan fingerprint density at radius 3 is 2.35 bits per heavy atom. The SMILES string of the molecule is Nc1ncc(-c2cc(N3CC(F)(F)C3)nc(N3CCC(CO)CC3)n2)c(C(F)(F)F)n1. The first kappa shape index (κ1) is 21.4. The second kappa shape index (κ2) is 7.70. The maximum Gasteiger partial charge on any atom is 0.434 e. The van der Waals surface area contributed by atoms with E-state index in [1.165, 1.54) is 11.0 Å². The summed E-state index contributed by atoms with van der Waals surface area (Å²) in [7, 11) is 0. The van der Waals surface area contributed by atoms with Crippen LogP contribution in [-0.2, 0) is 6.18 Å². The van der Waals surface area contributed by atoms with Gasteiger partial charge in [0.1, 0.15) is 5.82 Å². The lowest BCUT2D eigenvalue weighted by Gasteiger charge is -2.40. The number of aliphatic hydroxyl groups is 1. The lowest BCUT2D eigenvalue weighted by Crippen LogP contribution is -2.56. The van der Waals surface area contributed by atoms with Crippen molar-refractivity contribution in [3.8, 4) is 11.3 Å². The summed E-state index contributed by atoms with van der Waals surface area (Å²) < 4.78 is 67.5. The van der Waals surface area contributed by atoms with Gasteiger partial charge < -0.3 is 20.6 Å². The summed E-state index contributed by atoms with van der Waals surface area (Å²) >= 11 is 0. The van der Waals surface area contributed by atoms with Gasteiger partial charge in [-0.15, -0.1) is 0 Å². The van der Waals surface area contributed by atoms with Crippen LogP contribution in [0.3, 0.4) is 0 Å². The number of aromatic nitrogens is 4. The third kappa shape index (κ3) is 4.45. The van der Waals surface area contributed by atoms with Gasteiger partial charge in [0.05, 0.1) is 18.8 Å². The number of aliphatic hydroxyl groups excluding tert-OH is 1. The Morgan fingerprint density at radius 2 is 1.77 bits per heavy atom. The molecule has 168 valence electrons. The van der Waals surface area contributed by atoms with Crippen molar-refractivity contribution in [2.24, 2.45) is 5.92 Å². The van der Waals surface area contributed by atoms with E-state index in [1.807, 2.05) is 0 Å². The van der Waals surface area contributed by atoms with Crippen LogP contribution in [0.4, 0.5) is 39.7 Å². The summed E-state index contributed by atoms with van der Waals surface area (Å²) in [5.74, 6) is -3.08. The largest absolute Gasteiger partial charge is 0.434 e. The maximum absolute atomic E-state index is 13.6. The monoisotopic (exact) mass is 445 g/mol. The highest BCUT2D eigenvalue weighted by Crippen LogP contribution is 2.38. The summed E-state index contributed by atoms with van der Waals surface area (Å²) in [6.07, 6.45) is -2.59. The van der Waals surface area contributed by atoms with Gasteiger partial charge >= 0.3 is 6.18 Å². The van der Waals surface area contributed by atoms with Gasteiger partial charge in [0.15, 0.2) is 5.69 Å². The third-order valence-electron chi connectivity index (χ3n) is 5.38. The fraction of sp³-hybridized carbons (Fsp3) is 0.556. The Bertz CT molecular complexity index is 955. The molecular weight excluding hydrogens is 425 g/mol. The van der Waals surface area contributed by atoms with Gasteiger partial charge in [0.25, 0.3) is 5.92 Å². The Labute approximate surface area is 173 Å². The number of nitrogens with two attached hydrogens (primary N) is 1. The number of hydrogen-bond donors (Lipinski definition) is 2. The van der Waals surface area contributed by atoms with Gasteiger partial charge in [0.2, 0.25) is 11.9 Å². The molecule has 0 atom stereocenters. The first-order chi connectivity index (χ1) is 14.6. The van der Waals surface area contributed by atoms with Crippen molar-refractivity contribution in [3.63, 3.8) is 0 Å². The third-order valence-corrected chi connectivity index (χ3v) is 5.38. The van der Waals surface area contributed by atoms with Gasteiger partial charge in [-0.3, -0.25) is 0 Å². The van der Waals surface area contributed by atoms with Crippen molar-refractivity contribution in [3.05, 3.63) is 18.0 Å². The highest BCUT2D eigenvalue weighted by Gasteiger charge is 2.45. The Hall–Kier alpha value is -2.83. The van der Waals surface area contributed by atoms with E-state index in [1.54, 1.807) is 4.90 Å². The second-order valence-electron chi connectivity index (χ2n) is 7.72. The number of anilines is 3. The molecule has 31 heavy (non-hydrogen) atoms. The van der Waals surface area contributed by atoms with E-state index in [2.05, 4.69) is 19.9 Å². The number of piperidine rings is 1. The van der Waals surface area contributed by atoms with E-state index in [9.17, 15) is 27.1 Å². The average Bonchev–Trinajstić information content (AvgIpc) is 2.71. The van der Waals surface area contributed by atoms with Crippen LogP contribution in [0.1, 0.15) is 18.5 Å². The molecule has 0 unspecified atom stereocenters. The highest BCUT2D eigenvalue weighted by atomic mass is 19.4. The molecule has 8 nitrogen and oxygen atoms in total. The van der Waals surface area contributed by atoms with Gasteiger partial charge in [-0.05, 0) is 18.8 Å². The van der Waals surface area contributed by atoms with Gasteiger partial charge in [0, 0.05) is 37.5 Å². The minimum Gasteiger partial charge on any atom is -0.396 e. The van der Waals surface area contributed by atoms with Gasteiger partial charge in [-0.2, -0.15) is 18.2 Å². The molecule has 2 saturated heterocycles. The maximum atomic E-state index is 13.6. The van der Waals surface area contributed by atoms with Crippen LogP contribution in [0.25, 0.3) is 11.3 Å². The standard InChI is InChI=1S/C18H20F5N7O/c19-17(20)8-30(9-17)13-5-12(11-6-25-15(24)28-14(11)18(21,22)23)26-16(27-13)29-3-1-10(7-31)2-4-29/h5-6,10,31H,1-4,7-9H2,(H2,24,25,28). The van der Waals surface area contributed by atoms with Crippen LogP contribution in [0.5, 0.6) is 0 Å². The molecule has 0 radical (unpaired) electrons. The highest BCUT2D eigenvalue weighted by molar-refractivity contribution is 5.68. The molecule has 2 aliphatic heterocycles. The molecule has 4 rings (SSSR count). The summed E-state index contributed by atoms with van der Waals surface area (Å²) in [5, 5.41) is 9.32. The van der Waals surface area contributed by atoms with Crippen molar-refractivity contribution in [1.82, 2.24) is 19.9 Å². The number of nitrogens with zero attached hydrogens (tertiary/aromatic N) is 6. The Kier molecular flexibility index (Phi) is 5.31. The van der Waals surface area contributed by atoms with Crippen molar-refractivity contribution < 1.29 is 27.1 Å². The molecule has 0 saturated carbocycles. The lowest BCUT2D eigenvalue weighted by molar-refractivity contribution is -0.140. The second-order valence-corrected chi connectivity index (χ2v) is 7.72. The normalized spacial score (nSPS) is 19.4. The predicted molar refractivity (Wildman–Crippen MR) is 102 cm³/mol.